The number of aliphatic carboxylic acids is 1. The van der Waals surface area contributed by atoms with Crippen LogP contribution in [0.1, 0.15) is 18.0 Å². The number of nitrogens with zero attached hydrogens (tertiary/aromatic N) is 4. The average Bonchev–Trinajstić information content (AvgIpc) is 3.32. The highest BCUT2D eigenvalue weighted by atomic mass is 19.4. The summed E-state index contributed by atoms with van der Waals surface area (Å²) >= 11 is 0. The zero-order valence-electron chi connectivity index (χ0n) is 18.0. The van der Waals surface area contributed by atoms with Gasteiger partial charge in [0, 0.05) is 25.0 Å². The molecule has 0 radical (unpaired) electrons. The maximum Gasteiger partial charge on any atom is 0.490 e. The van der Waals surface area contributed by atoms with Crippen molar-refractivity contribution in [3.8, 4) is 11.5 Å². The number of carboxylic acids is 1. The molecular formula is C21H17F6N5O4. The van der Waals surface area contributed by atoms with Gasteiger partial charge >= 0.3 is 18.6 Å². The lowest BCUT2D eigenvalue weighted by molar-refractivity contribution is -0.192. The summed E-state index contributed by atoms with van der Waals surface area (Å²) in [5, 5.41) is 16.7. The number of pyridine rings is 1. The SMILES string of the molecule is O=C(N(Cc1ccc(-c2nnc(C(F)F)o2)cn1)c1ccccc1)C1(F)CNC1.O=C(O)C(F)(F)F. The van der Waals surface area contributed by atoms with E-state index in [4.69, 9.17) is 14.3 Å². The van der Waals surface area contributed by atoms with E-state index in [0.29, 0.717) is 16.9 Å². The molecule has 36 heavy (non-hydrogen) atoms. The highest BCUT2D eigenvalue weighted by Crippen LogP contribution is 2.27. The van der Waals surface area contributed by atoms with Crippen LogP contribution in [0.2, 0.25) is 0 Å². The molecule has 9 nitrogen and oxygen atoms in total. The molecule has 4 rings (SSSR count). The minimum absolute atomic E-state index is 0.0365. The molecule has 3 heterocycles. The third-order valence-corrected chi connectivity index (χ3v) is 4.77. The van der Waals surface area contributed by atoms with Crippen molar-refractivity contribution in [3.05, 3.63) is 60.2 Å². The van der Waals surface area contributed by atoms with E-state index in [9.17, 15) is 31.1 Å². The lowest BCUT2D eigenvalue weighted by Crippen LogP contribution is -2.65. The summed E-state index contributed by atoms with van der Waals surface area (Å²) in [6, 6.07) is 11.9. The second kappa shape index (κ2) is 10.7. The quantitative estimate of drug-likeness (QED) is 0.477. The molecule has 1 aliphatic heterocycles. The zero-order valence-corrected chi connectivity index (χ0v) is 18.0. The molecule has 1 aromatic carbocycles. The van der Waals surface area contributed by atoms with Crippen molar-refractivity contribution in [3.63, 3.8) is 0 Å². The van der Waals surface area contributed by atoms with Gasteiger partial charge in [0.25, 0.3) is 11.8 Å². The lowest BCUT2D eigenvalue weighted by atomic mass is 9.97. The van der Waals surface area contributed by atoms with Crippen molar-refractivity contribution in [1.29, 1.82) is 0 Å². The molecule has 15 heteroatoms. The Labute approximate surface area is 198 Å². The zero-order chi connectivity index (χ0) is 26.5. The van der Waals surface area contributed by atoms with Gasteiger partial charge in [0.05, 0.1) is 17.8 Å². The van der Waals surface area contributed by atoms with Crippen LogP contribution in [0.15, 0.2) is 53.1 Å². The first-order chi connectivity index (χ1) is 16.9. The Bertz CT molecular complexity index is 1180. The van der Waals surface area contributed by atoms with Gasteiger partial charge in [-0.05, 0) is 24.3 Å². The summed E-state index contributed by atoms with van der Waals surface area (Å²) in [5.74, 6) is -4.26. The van der Waals surface area contributed by atoms with E-state index in [2.05, 4.69) is 20.5 Å². The number of anilines is 1. The van der Waals surface area contributed by atoms with Crippen molar-refractivity contribution in [2.45, 2.75) is 24.8 Å². The van der Waals surface area contributed by atoms with Crippen molar-refractivity contribution in [1.82, 2.24) is 20.5 Å². The summed E-state index contributed by atoms with van der Waals surface area (Å²) in [5.41, 5.74) is -0.567. The maximum absolute atomic E-state index is 14.7. The van der Waals surface area contributed by atoms with Gasteiger partial charge in [-0.25, -0.2) is 9.18 Å². The summed E-state index contributed by atoms with van der Waals surface area (Å²) in [6.07, 6.45) is -6.56. The highest BCUT2D eigenvalue weighted by molar-refractivity contribution is 6.00. The van der Waals surface area contributed by atoms with Crippen molar-refractivity contribution < 1.29 is 45.5 Å². The molecule has 1 aliphatic rings. The van der Waals surface area contributed by atoms with Gasteiger partial charge in [-0.3, -0.25) is 9.78 Å². The molecule has 192 valence electrons. The van der Waals surface area contributed by atoms with E-state index in [1.807, 2.05) is 0 Å². The Balaban J connectivity index is 0.000000454. The van der Waals surface area contributed by atoms with Crippen molar-refractivity contribution in [2.24, 2.45) is 0 Å². The van der Waals surface area contributed by atoms with Crippen LogP contribution in [-0.4, -0.2) is 57.1 Å². The molecule has 1 saturated heterocycles. The molecule has 1 amide bonds. The predicted octanol–water partition coefficient (Wildman–Crippen LogP) is 3.55. The largest absolute Gasteiger partial charge is 0.490 e. The van der Waals surface area contributed by atoms with Gasteiger partial charge in [0.15, 0.2) is 0 Å². The average molecular weight is 517 g/mol. The first-order valence-electron chi connectivity index (χ1n) is 10.0. The number of carboxylic acid groups (broad SMARTS) is 1. The second-order valence-corrected chi connectivity index (χ2v) is 7.38. The fourth-order valence-corrected chi connectivity index (χ4v) is 2.87. The monoisotopic (exact) mass is 517 g/mol. The summed E-state index contributed by atoms with van der Waals surface area (Å²) in [7, 11) is 0. The highest BCUT2D eigenvalue weighted by Gasteiger charge is 2.47. The van der Waals surface area contributed by atoms with Crippen molar-refractivity contribution in [2.75, 3.05) is 18.0 Å². The number of alkyl halides is 6. The Morgan fingerprint density at radius 3 is 2.19 bits per heavy atom. The van der Waals surface area contributed by atoms with Gasteiger partial charge in [-0.15, -0.1) is 10.2 Å². The first-order valence-corrected chi connectivity index (χ1v) is 10.0. The number of hydrogen-bond donors (Lipinski definition) is 2. The Hall–Kier alpha value is -4.01. The number of hydrogen-bond acceptors (Lipinski definition) is 7. The molecule has 0 atom stereocenters. The Morgan fingerprint density at radius 1 is 1.11 bits per heavy atom. The van der Waals surface area contributed by atoms with Gasteiger partial charge in [0.1, 0.15) is 0 Å². The topological polar surface area (TPSA) is 121 Å². The number of benzene rings is 1. The molecule has 2 N–H and O–H groups in total. The summed E-state index contributed by atoms with van der Waals surface area (Å²) in [6.45, 7) is -0.0305. The maximum atomic E-state index is 14.7. The van der Waals surface area contributed by atoms with E-state index in [1.54, 1.807) is 42.5 Å². The number of para-hydroxylation sites is 1. The number of rotatable bonds is 6. The molecule has 2 aromatic heterocycles. The normalized spacial score (nSPS) is 14.4. The van der Waals surface area contributed by atoms with Crippen LogP contribution in [0.5, 0.6) is 0 Å². The summed E-state index contributed by atoms with van der Waals surface area (Å²) in [4.78, 5) is 27.3. The van der Waals surface area contributed by atoms with Crippen LogP contribution in [0, 0.1) is 0 Å². The van der Waals surface area contributed by atoms with Crippen LogP contribution < -0.4 is 10.2 Å². The van der Waals surface area contributed by atoms with E-state index >= 15 is 0 Å². The van der Waals surface area contributed by atoms with Crippen LogP contribution in [-0.2, 0) is 16.1 Å². The predicted molar refractivity (Wildman–Crippen MR) is 111 cm³/mol. The minimum atomic E-state index is -5.08. The molecule has 0 spiro atoms. The van der Waals surface area contributed by atoms with Crippen LogP contribution >= 0.6 is 0 Å². The van der Waals surface area contributed by atoms with Crippen LogP contribution in [0.3, 0.4) is 0 Å². The number of aromatic nitrogens is 3. The fraction of sp³-hybridized carbons (Fsp3) is 0.286. The minimum Gasteiger partial charge on any atom is -0.475 e. The van der Waals surface area contributed by atoms with Gasteiger partial charge in [-0.1, -0.05) is 18.2 Å². The molecular weight excluding hydrogens is 500 g/mol. The van der Waals surface area contributed by atoms with Crippen molar-refractivity contribution >= 4 is 17.6 Å². The molecule has 3 aromatic rings. The molecule has 0 aliphatic carbocycles. The fourth-order valence-electron chi connectivity index (χ4n) is 2.87. The van der Waals surface area contributed by atoms with E-state index < -0.39 is 36.0 Å². The number of nitrogens with one attached hydrogen (secondary N) is 1. The smallest absolute Gasteiger partial charge is 0.475 e. The third kappa shape index (κ3) is 6.35. The number of carbonyl (C=O) groups is 2. The third-order valence-electron chi connectivity index (χ3n) is 4.77. The van der Waals surface area contributed by atoms with E-state index in [1.165, 1.54) is 11.1 Å². The Morgan fingerprint density at radius 2 is 1.75 bits per heavy atom. The molecule has 0 saturated carbocycles. The second-order valence-electron chi connectivity index (χ2n) is 7.38. The van der Waals surface area contributed by atoms with Gasteiger partial charge in [-0.2, -0.15) is 22.0 Å². The van der Waals surface area contributed by atoms with Gasteiger partial charge < -0.3 is 19.7 Å². The van der Waals surface area contributed by atoms with Gasteiger partial charge in [0.2, 0.25) is 11.6 Å². The number of amides is 1. The van der Waals surface area contributed by atoms with Crippen LogP contribution in [0.25, 0.3) is 11.5 Å². The number of carbonyl (C=O) groups excluding carboxylic acids is 1. The molecule has 0 unspecified atom stereocenters. The Kier molecular flexibility index (Phi) is 7.92. The lowest BCUT2D eigenvalue weighted by Gasteiger charge is -2.37. The number of halogens is 6. The van der Waals surface area contributed by atoms with Crippen LogP contribution in [0.4, 0.5) is 32.0 Å². The standard InChI is InChI=1S/C19H16F3N5O2.C2HF3O2/c20-15(21)17-26-25-16(29-17)12-6-7-13(24-8-12)9-27(14-4-2-1-3-5-14)18(28)19(22)10-23-11-19;3-2(4,5)1(6)7/h1-8,15,23H,9-11H2;(H,6,7). The molecule has 1 fully saturated rings. The van der Waals surface area contributed by atoms with E-state index in [-0.39, 0.29) is 25.5 Å². The summed E-state index contributed by atoms with van der Waals surface area (Å²) < 4.78 is 76.5. The molecule has 0 bridgehead atoms. The first kappa shape index (κ1) is 26.6. The van der Waals surface area contributed by atoms with E-state index in [0.717, 1.165) is 0 Å².